The summed E-state index contributed by atoms with van der Waals surface area (Å²) in [5, 5.41) is 13.2. The number of imidazole rings is 1. The van der Waals surface area contributed by atoms with Crippen LogP contribution < -0.4 is 10.2 Å². The average Bonchev–Trinajstić information content (AvgIpc) is 3.74. The van der Waals surface area contributed by atoms with Gasteiger partial charge in [-0.2, -0.15) is 0 Å². The SMILES string of the molecule is CC(=O)N1CCC2(CC1)C(=O)N([C@H]1C[C@@H](N3CCC(C)(C)C3)C1)c1cc(-c3cc4ncn(C(C)C)c4c(Nc4ccc(C)c(C(=O)O)c4)n3)ccc12. The van der Waals surface area contributed by atoms with E-state index in [1.54, 1.807) is 26.0 Å². The molecule has 0 bridgehead atoms. The fourth-order valence-electron chi connectivity index (χ4n) is 9.09. The first-order valence-electron chi connectivity index (χ1n) is 18.7. The second-order valence-electron chi connectivity index (χ2n) is 16.6. The Morgan fingerprint density at radius 1 is 0.981 bits per heavy atom. The molecule has 0 unspecified atom stereocenters. The lowest BCUT2D eigenvalue weighted by molar-refractivity contribution is -0.134. The van der Waals surface area contributed by atoms with Crippen molar-refractivity contribution in [2.24, 2.45) is 5.41 Å². The van der Waals surface area contributed by atoms with E-state index in [9.17, 15) is 19.5 Å². The van der Waals surface area contributed by atoms with Crippen LogP contribution in [0, 0.1) is 12.3 Å². The normalized spacial score (nSPS) is 22.3. The van der Waals surface area contributed by atoms with E-state index in [0.717, 1.165) is 53.8 Å². The Morgan fingerprint density at radius 2 is 1.73 bits per heavy atom. The summed E-state index contributed by atoms with van der Waals surface area (Å²) in [6.45, 7) is 15.6. The van der Waals surface area contributed by atoms with Crippen molar-refractivity contribution in [2.45, 2.75) is 97.2 Å². The van der Waals surface area contributed by atoms with Crippen molar-refractivity contribution in [1.29, 1.82) is 0 Å². The maximum atomic E-state index is 14.8. The van der Waals surface area contributed by atoms with Gasteiger partial charge in [-0.3, -0.25) is 14.5 Å². The van der Waals surface area contributed by atoms with E-state index in [-0.39, 0.29) is 29.5 Å². The van der Waals surface area contributed by atoms with Gasteiger partial charge in [0.15, 0.2) is 5.82 Å². The number of piperidine rings is 1. The molecule has 8 rings (SSSR count). The Morgan fingerprint density at radius 3 is 2.38 bits per heavy atom. The van der Waals surface area contributed by atoms with Gasteiger partial charge in [0.1, 0.15) is 5.52 Å². The highest BCUT2D eigenvalue weighted by molar-refractivity contribution is 6.09. The highest BCUT2D eigenvalue weighted by atomic mass is 16.4. The van der Waals surface area contributed by atoms with Crippen LogP contribution in [0.4, 0.5) is 17.2 Å². The lowest BCUT2D eigenvalue weighted by Gasteiger charge is -2.46. The summed E-state index contributed by atoms with van der Waals surface area (Å²) < 4.78 is 2.06. The Bertz CT molecular complexity index is 2110. The summed E-state index contributed by atoms with van der Waals surface area (Å²) in [5.41, 5.74) is 6.42. The van der Waals surface area contributed by atoms with Gasteiger partial charge in [0.05, 0.1) is 28.5 Å². The molecule has 272 valence electrons. The summed E-state index contributed by atoms with van der Waals surface area (Å²) in [6, 6.07) is 14.3. The number of anilines is 3. The zero-order valence-corrected chi connectivity index (χ0v) is 31.1. The van der Waals surface area contributed by atoms with Crippen molar-refractivity contribution >= 4 is 46.0 Å². The van der Waals surface area contributed by atoms with E-state index in [1.807, 2.05) is 23.4 Å². The number of nitrogens with one attached hydrogen (secondary N) is 1. The minimum atomic E-state index is -0.982. The van der Waals surface area contributed by atoms with Gasteiger partial charge in [0.2, 0.25) is 11.8 Å². The predicted molar refractivity (Wildman–Crippen MR) is 202 cm³/mol. The number of carboxylic acids is 1. The zero-order chi connectivity index (χ0) is 36.7. The molecule has 3 aliphatic heterocycles. The van der Waals surface area contributed by atoms with E-state index in [4.69, 9.17) is 9.97 Å². The van der Waals surface area contributed by atoms with E-state index < -0.39 is 11.4 Å². The van der Waals surface area contributed by atoms with Crippen LogP contribution in [-0.4, -0.2) is 85.5 Å². The van der Waals surface area contributed by atoms with Crippen LogP contribution in [0.1, 0.15) is 94.2 Å². The number of aromatic carboxylic acids is 1. The molecule has 1 aliphatic carbocycles. The third kappa shape index (κ3) is 5.64. The van der Waals surface area contributed by atoms with Crippen molar-refractivity contribution in [1.82, 2.24) is 24.3 Å². The van der Waals surface area contributed by atoms with E-state index in [0.29, 0.717) is 60.2 Å². The molecule has 2 aromatic heterocycles. The topological polar surface area (TPSA) is 124 Å². The lowest BCUT2D eigenvalue weighted by atomic mass is 9.73. The number of carboxylic acid groups (broad SMARTS) is 1. The van der Waals surface area contributed by atoms with E-state index in [1.165, 1.54) is 6.42 Å². The number of benzene rings is 2. The Hall–Kier alpha value is -4.77. The van der Waals surface area contributed by atoms with Crippen LogP contribution in [0.25, 0.3) is 22.3 Å². The lowest BCUT2D eigenvalue weighted by Crippen LogP contribution is -2.57. The number of aromatic nitrogens is 3. The Kier molecular flexibility index (Phi) is 8.20. The van der Waals surface area contributed by atoms with E-state index >= 15 is 0 Å². The highest BCUT2D eigenvalue weighted by Gasteiger charge is 2.56. The number of likely N-dealkylation sites (tertiary alicyclic amines) is 2. The smallest absolute Gasteiger partial charge is 0.336 e. The largest absolute Gasteiger partial charge is 0.478 e. The standard InChI is InChI=1S/C41H49N7O4/c1-24(2)47-23-42-34-21-33(44-37(36(34)47)43-28-9-7-25(3)31(18-28)38(50)51)27-8-10-32-35(17-27)48(30-19-29(20-30)46-14-11-40(5,6)22-46)39(52)41(32)12-15-45(16-13-41)26(4)49/h7-10,17-18,21,23-24,29-30H,11-16,19-20,22H2,1-6H3,(H,43,44)(H,50,51)/t29-,30+. The van der Waals surface area contributed by atoms with Gasteiger partial charge in [0.25, 0.3) is 0 Å². The number of hydrogen-bond donors (Lipinski definition) is 2. The summed E-state index contributed by atoms with van der Waals surface area (Å²) in [5.74, 6) is -0.179. The maximum absolute atomic E-state index is 14.8. The first-order valence-corrected chi connectivity index (χ1v) is 18.7. The van der Waals surface area contributed by atoms with Crippen molar-refractivity contribution in [3.8, 4) is 11.3 Å². The molecule has 2 saturated heterocycles. The fourth-order valence-corrected chi connectivity index (χ4v) is 9.09. The van der Waals surface area contributed by atoms with Crippen molar-refractivity contribution < 1.29 is 19.5 Å². The minimum Gasteiger partial charge on any atom is -0.478 e. The molecule has 3 fully saturated rings. The quantitative estimate of drug-likeness (QED) is 0.213. The van der Waals surface area contributed by atoms with Crippen LogP contribution in [-0.2, 0) is 15.0 Å². The minimum absolute atomic E-state index is 0.0544. The zero-order valence-electron chi connectivity index (χ0n) is 31.1. The molecule has 2 aromatic carbocycles. The van der Waals surface area contributed by atoms with Gasteiger partial charge in [-0.05, 0) is 100 Å². The predicted octanol–water partition coefficient (Wildman–Crippen LogP) is 6.92. The van der Waals surface area contributed by atoms with Gasteiger partial charge >= 0.3 is 5.97 Å². The molecule has 0 atom stereocenters. The van der Waals surface area contributed by atoms with Crippen LogP contribution in [0.5, 0.6) is 0 Å². The monoisotopic (exact) mass is 703 g/mol. The first-order chi connectivity index (χ1) is 24.7. The molecule has 4 aromatic rings. The van der Waals surface area contributed by atoms with Crippen LogP contribution in [0.2, 0.25) is 0 Å². The van der Waals surface area contributed by atoms with Crippen LogP contribution >= 0.6 is 0 Å². The number of amides is 2. The van der Waals surface area contributed by atoms with Gasteiger partial charge < -0.3 is 24.8 Å². The number of rotatable bonds is 7. The molecule has 1 saturated carbocycles. The number of nitrogens with zero attached hydrogens (tertiary/aromatic N) is 6. The number of aryl methyl sites for hydroxylation is 1. The summed E-state index contributed by atoms with van der Waals surface area (Å²) in [6.07, 6.45) is 6.17. The molecular formula is C41H49N7O4. The second kappa shape index (κ2) is 12.4. The summed E-state index contributed by atoms with van der Waals surface area (Å²) >= 11 is 0. The molecule has 1 spiro atoms. The molecule has 2 amide bonds. The molecule has 2 N–H and O–H groups in total. The van der Waals surface area contributed by atoms with E-state index in [2.05, 4.69) is 65.6 Å². The number of carbonyl (C=O) groups is 3. The van der Waals surface area contributed by atoms with Crippen LogP contribution in [0.15, 0.2) is 48.8 Å². The highest BCUT2D eigenvalue weighted by Crippen LogP contribution is 2.52. The molecule has 11 nitrogen and oxygen atoms in total. The molecule has 5 heterocycles. The third-order valence-electron chi connectivity index (χ3n) is 12.3. The van der Waals surface area contributed by atoms with Gasteiger partial charge in [0, 0.05) is 61.6 Å². The fraction of sp³-hybridized carbons (Fsp3) is 0.488. The number of carbonyl (C=O) groups excluding carboxylic acids is 2. The van der Waals surface area contributed by atoms with Crippen molar-refractivity contribution in [3.05, 3.63) is 65.5 Å². The molecule has 0 radical (unpaired) electrons. The van der Waals surface area contributed by atoms with Gasteiger partial charge in [-0.25, -0.2) is 14.8 Å². The average molecular weight is 704 g/mol. The van der Waals surface area contributed by atoms with Crippen molar-refractivity contribution in [2.75, 3.05) is 36.4 Å². The Labute approximate surface area is 305 Å². The number of fused-ring (bicyclic) bond motifs is 3. The summed E-state index contributed by atoms with van der Waals surface area (Å²) in [4.78, 5) is 55.5. The number of hydrogen-bond acceptors (Lipinski definition) is 7. The summed E-state index contributed by atoms with van der Waals surface area (Å²) in [7, 11) is 0. The molecule has 52 heavy (non-hydrogen) atoms. The second-order valence-corrected chi connectivity index (χ2v) is 16.6. The third-order valence-corrected chi connectivity index (χ3v) is 12.3. The van der Waals surface area contributed by atoms with Gasteiger partial charge in [-0.15, -0.1) is 0 Å². The number of pyridine rings is 1. The molecular weight excluding hydrogens is 654 g/mol. The first kappa shape index (κ1) is 34.3. The van der Waals surface area contributed by atoms with Crippen LogP contribution in [0.3, 0.4) is 0 Å². The molecule has 11 heteroatoms. The maximum Gasteiger partial charge on any atom is 0.336 e. The molecule has 4 aliphatic rings. The van der Waals surface area contributed by atoms with Crippen molar-refractivity contribution in [3.63, 3.8) is 0 Å². The van der Waals surface area contributed by atoms with Gasteiger partial charge in [-0.1, -0.05) is 32.0 Å². The Balaban J connectivity index is 1.19.